The first-order valence-electron chi connectivity index (χ1n) is 20.5. The molecule has 0 radical (unpaired) electrons. The summed E-state index contributed by atoms with van der Waals surface area (Å²) in [6.45, 7) is 17.9. The summed E-state index contributed by atoms with van der Waals surface area (Å²) in [5.74, 6) is 5.64. The van der Waals surface area contributed by atoms with E-state index in [-0.39, 0.29) is 43.4 Å². The second-order valence-corrected chi connectivity index (χ2v) is 22.1. The highest BCUT2D eigenvalue weighted by atomic mass is 79.9. The molecular formula is C47H57BrN4O7S2. The average molecular weight is 934 g/mol. The maximum absolute atomic E-state index is 13.4. The van der Waals surface area contributed by atoms with Crippen LogP contribution in [-0.2, 0) is 40.6 Å². The van der Waals surface area contributed by atoms with Gasteiger partial charge in [-0.3, -0.25) is 4.79 Å². The number of ketones is 1. The minimum absolute atomic E-state index is 0.0195. The minimum Gasteiger partial charge on any atom is -0.597 e. The Morgan fingerprint density at radius 1 is 0.803 bits per heavy atom. The Bertz CT molecular complexity index is 2280. The van der Waals surface area contributed by atoms with Gasteiger partial charge < -0.3 is 24.1 Å². The van der Waals surface area contributed by atoms with Crippen molar-refractivity contribution in [1.82, 2.24) is 18.6 Å². The number of carbonyl (C=O) groups excluding carboxylic acids is 2. The van der Waals surface area contributed by atoms with E-state index in [0.717, 1.165) is 55.5 Å². The summed E-state index contributed by atoms with van der Waals surface area (Å²) >= 11 is 0.936. The van der Waals surface area contributed by atoms with Crippen molar-refractivity contribution in [2.75, 3.05) is 19.8 Å². The summed E-state index contributed by atoms with van der Waals surface area (Å²) in [6.07, 6.45) is 1.62. The van der Waals surface area contributed by atoms with Gasteiger partial charge in [-0.25, -0.2) is 14.8 Å². The van der Waals surface area contributed by atoms with E-state index in [1.54, 1.807) is 13.0 Å². The van der Waals surface area contributed by atoms with Gasteiger partial charge in [0.15, 0.2) is 5.78 Å². The molecule has 4 aromatic rings. The Morgan fingerprint density at radius 2 is 1.30 bits per heavy atom. The molecule has 326 valence electrons. The van der Waals surface area contributed by atoms with Crippen molar-refractivity contribution in [3.8, 4) is 34.4 Å². The maximum atomic E-state index is 13.4. The van der Waals surface area contributed by atoms with Gasteiger partial charge in [-0.05, 0) is 109 Å². The van der Waals surface area contributed by atoms with Crippen LogP contribution in [0.25, 0.3) is 22.5 Å². The standard InChI is InChI=1S/C26H32N2O4S.C21H25BrN2O3S/c1-6-8-10-18-11-9-12-19(15-18)24-23-20(16-21(27-24)25(30)32-7-2)17-28(22(23)13-14-29)33(31)26(3,4)5;1-13(26)17-11-15-12-24(28(27)21(2,3)4)18(8-9-25)19(15)20(23-17)14-6-5-7-16(22)10-14/h9,11-12,15-16,22,29H,6-7,13-14,17H2,1-5H3;5-7,10-11,18,25H,8-9,12H2,1-4H3/t22-,33?;18-,28?/m01/s1. The summed E-state index contributed by atoms with van der Waals surface area (Å²) in [6, 6.07) is 18.6. The van der Waals surface area contributed by atoms with E-state index in [9.17, 15) is 28.9 Å². The molecule has 6 rings (SSSR count). The number of halogens is 1. The molecule has 2 unspecified atom stereocenters. The fraction of sp³-hybridized carbons (Fsp3) is 0.447. The molecule has 2 aliphatic rings. The number of aromatic nitrogens is 2. The molecule has 14 heteroatoms. The van der Waals surface area contributed by atoms with Crippen LogP contribution in [0.2, 0.25) is 0 Å². The molecule has 4 heterocycles. The smallest absolute Gasteiger partial charge is 0.356 e. The number of fused-ring (bicyclic) bond motifs is 2. The number of carbonyl (C=O) groups is 2. The first-order chi connectivity index (χ1) is 28.8. The third-order valence-corrected chi connectivity index (χ3v) is 14.3. The molecule has 0 amide bonds. The molecule has 0 fully saturated rings. The number of hydrogen-bond acceptors (Lipinski definition) is 11. The molecule has 0 aliphatic carbocycles. The molecule has 2 N–H and O–H groups in total. The number of ether oxygens (including phenoxy) is 1. The van der Waals surface area contributed by atoms with Gasteiger partial charge in [0.2, 0.25) is 0 Å². The molecule has 11 nitrogen and oxygen atoms in total. The highest BCUT2D eigenvalue weighted by Gasteiger charge is 2.46. The number of rotatable bonds is 11. The van der Waals surface area contributed by atoms with Crippen LogP contribution in [-0.4, -0.2) is 79.0 Å². The van der Waals surface area contributed by atoms with Gasteiger partial charge in [0.1, 0.15) is 20.9 Å². The zero-order chi connectivity index (χ0) is 44.8. The fourth-order valence-corrected chi connectivity index (χ4v) is 10.6. The zero-order valence-corrected chi connectivity index (χ0v) is 39.7. The molecule has 4 atom stereocenters. The fourth-order valence-electron chi connectivity index (χ4n) is 7.44. The number of Topliss-reactive ketones (excluding diaryl/α,β-unsaturated/α-hetero) is 1. The Hall–Kier alpha value is -3.62. The normalized spacial score (nSPS) is 17.3. The summed E-state index contributed by atoms with van der Waals surface area (Å²) in [4.78, 5) is 34.1. The Labute approximate surface area is 375 Å². The highest BCUT2D eigenvalue weighted by Crippen LogP contribution is 2.47. The van der Waals surface area contributed by atoms with Crippen molar-refractivity contribution in [2.24, 2.45) is 0 Å². The lowest BCUT2D eigenvalue weighted by Crippen LogP contribution is -2.42. The number of hydrogen-bond donors (Lipinski definition) is 2. The molecule has 0 saturated heterocycles. The van der Waals surface area contributed by atoms with Gasteiger partial charge >= 0.3 is 5.97 Å². The van der Waals surface area contributed by atoms with E-state index < -0.39 is 38.2 Å². The number of benzene rings is 2. The van der Waals surface area contributed by atoms with Crippen molar-refractivity contribution in [3.63, 3.8) is 0 Å². The molecule has 61 heavy (non-hydrogen) atoms. The van der Waals surface area contributed by atoms with E-state index >= 15 is 0 Å². The Kier molecular flexibility index (Phi) is 16.4. The van der Waals surface area contributed by atoms with Crippen molar-refractivity contribution in [3.05, 3.63) is 104 Å². The topological polar surface area (TPSA) is 162 Å². The van der Waals surface area contributed by atoms with Crippen molar-refractivity contribution >= 4 is 50.4 Å². The number of aliphatic hydroxyl groups excluding tert-OH is 2. The van der Waals surface area contributed by atoms with Gasteiger partial charge in [0.25, 0.3) is 0 Å². The zero-order valence-electron chi connectivity index (χ0n) is 36.5. The van der Waals surface area contributed by atoms with Crippen LogP contribution in [0.4, 0.5) is 0 Å². The van der Waals surface area contributed by atoms with Gasteiger partial charge in [-0.1, -0.05) is 59.0 Å². The molecule has 2 aromatic carbocycles. The molecule has 2 aliphatic heterocycles. The lowest BCUT2D eigenvalue weighted by molar-refractivity contribution is 0.0519. The van der Waals surface area contributed by atoms with Gasteiger partial charge in [-0.2, -0.15) is 0 Å². The molecule has 0 spiro atoms. The largest absolute Gasteiger partial charge is 0.597 e. The average Bonchev–Trinajstić information content (AvgIpc) is 3.76. The van der Waals surface area contributed by atoms with Crippen molar-refractivity contribution in [1.29, 1.82) is 0 Å². The van der Waals surface area contributed by atoms with Crippen LogP contribution in [0.3, 0.4) is 0 Å². The lowest BCUT2D eigenvalue weighted by Gasteiger charge is -2.33. The first-order valence-corrected chi connectivity index (χ1v) is 23.5. The van der Waals surface area contributed by atoms with Crippen LogP contribution in [0.15, 0.2) is 65.1 Å². The van der Waals surface area contributed by atoms with E-state index in [2.05, 4.69) is 32.8 Å². The number of pyridine rings is 2. The summed E-state index contributed by atoms with van der Waals surface area (Å²) < 4.78 is 35.7. The summed E-state index contributed by atoms with van der Waals surface area (Å²) in [5.41, 5.74) is 8.24. The molecule has 2 aromatic heterocycles. The number of nitrogens with zero attached hydrogens (tertiary/aromatic N) is 4. The number of aliphatic hydroxyl groups is 2. The number of esters is 1. The maximum Gasteiger partial charge on any atom is 0.356 e. The van der Waals surface area contributed by atoms with Crippen LogP contribution in [0.1, 0.15) is 142 Å². The van der Waals surface area contributed by atoms with Crippen LogP contribution in [0, 0.1) is 11.8 Å². The van der Waals surface area contributed by atoms with Crippen molar-refractivity contribution in [2.45, 2.75) is 116 Å². The highest BCUT2D eigenvalue weighted by molar-refractivity contribution is 9.10. The van der Waals surface area contributed by atoms with Crippen LogP contribution < -0.4 is 0 Å². The summed E-state index contributed by atoms with van der Waals surface area (Å²) in [5, 5.41) is 19.5. The molecular weight excluding hydrogens is 877 g/mol. The van der Waals surface area contributed by atoms with Gasteiger partial charge in [-0.15, -0.1) is 8.61 Å². The third kappa shape index (κ3) is 11.3. The third-order valence-electron chi connectivity index (χ3n) is 10.1. The summed E-state index contributed by atoms with van der Waals surface area (Å²) in [7, 11) is 0. The predicted molar refractivity (Wildman–Crippen MR) is 246 cm³/mol. The van der Waals surface area contributed by atoms with Crippen LogP contribution in [0.5, 0.6) is 0 Å². The second-order valence-electron chi connectivity index (χ2n) is 16.8. The lowest BCUT2D eigenvalue weighted by atomic mass is 9.95. The van der Waals surface area contributed by atoms with Gasteiger partial charge in [0.05, 0.1) is 43.2 Å². The minimum atomic E-state index is -1.31. The molecule has 0 saturated carbocycles. The second kappa shape index (κ2) is 20.7. The monoisotopic (exact) mass is 932 g/mol. The molecule has 0 bridgehead atoms. The van der Waals surface area contributed by atoms with E-state index in [4.69, 9.17) is 9.72 Å². The van der Waals surface area contributed by atoms with E-state index in [1.807, 2.05) is 112 Å². The van der Waals surface area contributed by atoms with E-state index in [0.29, 0.717) is 37.3 Å². The Balaban J connectivity index is 0.000000234. The van der Waals surface area contributed by atoms with Crippen molar-refractivity contribution < 1.29 is 33.6 Å². The quantitative estimate of drug-likeness (QED) is 0.0640. The Morgan fingerprint density at radius 3 is 1.75 bits per heavy atom. The van der Waals surface area contributed by atoms with Crippen LogP contribution >= 0.6 is 15.9 Å². The SMILES string of the molecule is CC(=O)c1cc2c(c(-c3cccc(Br)c3)n1)[C@@H](CCO)N([S+]([O-])C(C)(C)C)C2.CCC#Cc1cccc(-c2nc(C(=O)OCC)cc3c2[C@H](CCO)N([S+]([O-])C(C)(C)C)C3)c1. The first kappa shape index (κ1) is 48.4. The van der Waals surface area contributed by atoms with Gasteiger partial charge in [0, 0.05) is 81.6 Å². The predicted octanol–water partition coefficient (Wildman–Crippen LogP) is 8.80. The van der Waals surface area contributed by atoms with E-state index in [1.165, 1.54) is 6.92 Å².